The lowest BCUT2D eigenvalue weighted by molar-refractivity contribution is -0.122. The maximum absolute atomic E-state index is 13.0. The van der Waals surface area contributed by atoms with Crippen molar-refractivity contribution in [1.29, 1.82) is 0 Å². The molecule has 5 nitrogen and oxygen atoms in total. The third-order valence-corrected chi connectivity index (χ3v) is 6.00. The third kappa shape index (κ3) is 3.11. The second-order valence-corrected chi connectivity index (χ2v) is 7.78. The number of nitrogens with one attached hydrogen (secondary N) is 1. The Morgan fingerprint density at radius 2 is 1.57 bits per heavy atom. The molecular formula is C23H24N2O3. The van der Waals surface area contributed by atoms with Crippen LogP contribution >= 0.6 is 0 Å². The molecule has 1 N–H and O–H groups in total. The van der Waals surface area contributed by atoms with Crippen molar-refractivity contribution in [2.75, 3.05) is 10.2 Å². The zero-order valence-corrected chi connectivity index (χ0v) is 16.2. The molecule has 2 aromatic rings. The van der Waals surface area contributed by atoms with Crippen molar-refractivity contribution < 1.29 is 14.4 Å². The monoisotopic (exact) mass is 376 g/mol. The van der Waals surface area contributed by atoms with Crippen LogP contribution in [0.3, 0.4) is 0 Å². The van der Waals surface area contributed by atoms with Crippen LogP contribution in [-0.4, -0.2) is 17.7 Å². The molecule has 2 atom stereocenters. The minimum atomic E-state index is -0.325. The molecular weight excluding hydrogens is 352 g/mol. The largest absolute Gasteiger partial charge is 0.322 e. The molecule has 0 bridgehead atoms. The van der Waals surface area contributed by atoms with Crippen LogP contribution in [0.5, 0.6) is 0 Å². The molecule has 1 heterocycles. The maximum atomic E-state index is 13.0. The fourth-order valence-electron chi connectivity index (χ4n) is 4.28. The number of benzene rings is 2. The van der Waals surface area contributed by atoms with E-state index in [9.17, 15) is 14.4 Å². The van der Waals surface area contributed by atoms with E-state index in [-0.39, 0.29) is 29.6 Å². The number of anilines is 2. The van der Waals surface area contributed by atoms with Crippen LogP contribution in [0, 0.1) is 25.7 Å². The molecule has 1 aliphatic carbocycles. The highest BCUT2D eigenvalue weighted by Gasteiger charge is 2.49. The molecule has 1 saturated carbocycles. The Morgan fingerprint density at radius 1 is 0.929 bits per heavy atom. The first-order chi connectivity index (χ1) is 13.5. The van der Waals surface area contributed by atoms with Crippen LogP contribution in [-0.2, 0) is 9.59 Å². The average Bonchev–Trinajstić information content (AvgIpc) is 2.95. The summed E-state index contributed by atoms with van der Waals surface area (Å²) >= 11 is 0. The summed E-state index contributed by atoms with van der Waals surface area (Å²) in [5, 5.41) is 2.89. The SMILES string of the molecule is Cc1ccc(NC(=O)c2ccccc2N2C(=O)[C@H]3CCCC[C@H]3C2=O)cc1C. The van der Waals surface area contributed by atoms with E-state index in [2.05, 4.69) is 5.32 Å². The van der Waals surface area contributed by atoms with Gasteiger partial charge in [0.05, 0.1) is 23.1 Å². The molecule has 0 aromatic heterocycles. The Labute approximate surface area is 164 Å². The van der Waals surface area contributed by atoms with Crippen molar-refractivity contribution in [3.63, 3.8) is 0 Å². The van der Waals surface area contributed by atoms with E-state index in [1.807, 2.05) is 32.0 Å². The van der Waals surface area contributed by atoms with Crippen LogP contribution in [0.1, 0.15) is 47.2 Å². The van der Waals surface area contributed by atoms with E-state index >= 15 is 0 Å². The lowest BCUT2D eigenvalue weighted by Gasteiger charge is -2.19. The summed E-state index contributed by atoms with van der Waals surface area (Å²) in [6.45, 7) is 4.00. The Kier molecular flexibility index (Phi) is 4.75. The molecule has 144 valence electrons. The summed E-state index contributed by atoms with van der Waals surface area (Å²) in [5.74, 6) is -1.13. The molecule has 5 heteroatoms. The lowest BCUT2D eigenvalue weighted by Crippen LogP contribution is -2.32. The molecule has 3 amide bonds. The van der Waals surface area contributed by atoms with Gasteiger partial charge in [-0.05, 0) is 62.1 Å². The predicted molar refractivity (Wildman–Crippen MR) is 108 cm³/mol. The first-order valence-corrected chi connectivity index (χ1v) is 9.83. The van der Waals surface area contributed by atoms with E-state index in [0.717, 1.165) is 36.8 Å². The van der Waals surface area contributed by atoms with Crippen LogP contribution in [0.25, 0.3) is 0 Å². The lowest BCUT2D eigenvalue weighted by atomic mass is 9.81. The third-order valence-electron chi connectivity index (χ3n) is 6.00. The molecule has 4 rings (SSSR count). The van der Waals surface area contributed by atoms with E-state index in [1.165, 1.54) is 4.90 Å². The van der Waals surface area contributed by atoms with Gasteiger partial charge in [0.25, 0.3) is 5.91 Å². The van der Waals surface area contributed by atoms with Crippen molar-refractivity contribution in [3.8, 4) is 0 Å². The molecule has 1 saturated heterocycles. The summed E-state index contributed by atoms with van der Waals surface area (Å²) in [5.41, 5.74) is 3.64. The molecule has 0 radical (unpaired) electrons. The highest BCUT2D eigenvalue weighted by atomic mass is 16.2. The van der Waals surface area contributed by atoms with E-state index in [4.69, 9.17) is 0 Å². The Morgan fingerprint density at radius 3 is 2.21 bits per heavy atom. The van der Waals surface area contributed by atoms with Crippen molar-refractivity contribution in [1.82, 2.24) is 0 Å². The number of hydrogen-bond donors (Lipinski definition) is 1. The summed E-state index contributed by atoms with van der Waals surface area (Å²) in [6, 6.07) is 12.6. The normalized spacial score (nSPS) is 21.6. The summed E-state index contributed by atoms with van der Waals surface area (Å²) < 4.78 is 0. The minimum Gasteiger partial charge on any atom is -0.322 e. The Hall–Kier alpha value is -2.95. The quantitative estimate of drug-likeness (QED) is 0.815. The van der Waals surface area contributed by atoms with Crippen molar-refractivity contribution >= 4 is 29.1 Å². The van der Waals surface area contributed by atoms with Gasteiger partial charge < -0.3 is 5.32 Å². The van der Waals surface area contributed by atoms with Gasteiger partial charge in [-0.15, -0.1) is 0 Å². The molecule has 1 aliphatic heterocycles. The maximum Gasteiger partial charge on any atom is 0.257 e. The van der Waals surface area contributed by atoms with Gasteiger partial charge >= 0.3 is 0 Å². The second kappa shape index (κ2) is 7.23. The van der Waals surface area contributed by atoms with E-state index in [0.29, 0.717) is 16.9 Å². The smallest absolute Gasteiger partial charge is 0.257 e. The van der Waals surface area contributed by atoms with Gasteiger partial charge in [0.1, 0.15) is 0 Å². The van der Waals surface area contributed by atoms with Crippen LogP contribution < -0.4 is 10.2 Å². The summed E-state index contributed by atoms with van der Waals surface area (Å²) in [7, 11) is 0. The number of carbonyl (C=O) groups excluding carboxylic acids is 3. The average molecular weight is 376 g/mol. The minimum absolute atomic E-state index is 0.166. The van der Waals surface area contributed by atoms with Crippen molar-refractivity contribution in [3.05, 3.63) is 59.2 Å². The van der Waals surface area contributed by atoms with Gasteiger partial charge in [-0.2, -0.15) is 0 Å². The van der Waals surface area contributed by atoms with Gasteiger partial charge in [0, 0.05) is 5.69 Å². The number of carbonyl (C=O) groups is 3. The molecule has 2 fully saturated rings. The number of imide groups is 1. The number of rotatable bonds is 3. The zero-order chi connectivity index (χ0) is 19.8. The molecule has 28 heavy (non-hydrogen) atoms. The molecule has 0 unspecified atom stereocenters. The van der Waals surface area contributed by atoms with E-state index < -0.39 is 0 Å². The van der Waals surface area contributed by atoms with E-state index in [1.54, 1.807) is 24.3 Å². The van der Waals surface area contributed by atoms with Crippen LogP contribution in [0.2, 0.25) is 0 Å². The molecule has 2 aliphatic rings. The first kappa shape index (κ1) is 18.4. The van der Waals surface area contributed by atoms with Gasteiger partial charge in [0.15, 0.2) is 0 Å². The Balaban J connectivity index is 1.65. The standard InChI is InChI=1S/C23H24N2O3/c1-14-11-12-16(13-15(14)2)24-21(26)19-9-5-6-10-20(19)25-22(27)17-7-3-4-8-18(17)23(25)28/h5-6,9-13,17-18H,3-4,7-8H2,1-2H3,(H,24,26)/t17-,18+. The number of nitrogens with zero attached hydrogens (tertiary/aromatic N) is 1. The Bertz CT molecular complexity index is 942. The fraction of sp³-hybridized carbons (Fsp3) is 0.348. The summed E-state index contributed by atoms with van der Waals surface area (Å²) in [4.78, 5) is 40.1. The number of fused-ring (bicyclic) bond motifs is 1. The predicted octanol–water partition coefficient (Wildman–Crippen LogP) is 4.24. The zero-order valence-electron chi connectivity index (χ0n) is 16.2. The van der Waals surface area contributed by atoms with Crippen LogP contribution in [0.15, 0.2) is 42.5 Å². The summed E-state index contributed by atoms with van der Waals surface area (Å²) in [6.07, 6.45) is 3.46. The number of hydrogen-bond acceptors (Lipinski definition) is 3. The van der Waals surface area contributed by atoms with Gasteiger partial charge in [-0.25, -0.2) is 4.90 Å². The van der Waals surface area contributed by atoms with Crippen molar-refractivity contribution in [2.24, 2.45) is 11.8 Å². The van der Waals surface area contributed by atoms with Gasteiger partial charge in [-0.3, -0.25) is 14.4 Å². The van der Waals surface area contributed by atoms with Crippen LogP contribution in [0.4, 0.5) is 11.4 Å². The molecule has 0 spiro atoms. The topological polar surface area (TPSA) is 66.5 Å². The van der Waals surface area contributed by atoms with Gasteiger partial charge in [0.2, 0.25) is 11.8 Å². The number of para-hydroxylation sites is 1. The highest BCUT2D eigenvalue weighted by Crippen LogP contribution is 2.41. The number of amides is 3. The molecule has 2 aromatic carbocycles. The van der Waals surface area contributed by atoms with Crippen molar-refractivity contribution in [2.45, 2.75) is 39.5 Å². The highest BCUT2D eigenvalue weighted by molar-refractivity contribution is 6.24. The second-order valence-electron chi connectivity index (χ2n) is 7.78. The number of aryl methyl sites for hydroxylation is 2. The van der Waals surface area contributed by atoms with Gasteiger partial charge in [-0.1, -0.05) is 31.0 Å². The fourth-order valence-corrected chi connectivity index (χ4v) is 4.28. The first-order valence-electron chi connectivity index (χ1n) is 9.83.